The molecule has 6 heteroatoms. The van der Waals surface area contributed by atoms with Crippen LogP contribution in [0.2, 0.25) is 0 Å². The number of carbonyl (C=O) groups is 2. The van der Waals surface area contributed by atoms with Gasteiger partial charge in [-0.25, -0.2) is 4.39 Å². The van der Waals surface area contributed by atoms with E-state index in [-0.39, 0.29) is 12.5 Å². The number of nitrogens with zero attached hydrogens (tertiary/aromatic N) is 2. The first-order chi connectivity index (χ1) is 9.06. The molecule has 1 aromatic heterocycles. The van der Waals surface area contributed by atoms with Gasteiger partial charge in [0, 0.05) is 25.4 Å². The zero-order valence-corrected chi connectivity index (χ0v) is 10.1. The van der Waals surface area contributed by atoms with Gasteiger partial charge in [0.15, 0.2) is 0 Å². The lowest BCUT2D eigenvalue weighted by Gasteiger charge is -2.12. The van der Waals surface area contributed by atoms with E-state index in [4.69, 9.17) is 5.11 Å². The van der Waals surface area contributed by atoms with Crippen LogP contribution in [0.15, 0.2) is 24.5 Å². The molecule has 1 amide bonds. The maximum absolute atomic E-state index is 12.9. The minimum absolute atomic E-state index is 0.222. The molecule has 0 saturated carbocycles. The number of hydrogen-bond donors (Lipinski definition) is 1. The van der Waals surface area contributed by atoms with E-state index < -0.39 is 17.7 Å². The van der Waals surface area contributed by atoms with Gasteiger partial charge in [-0.05, 0) is 24.1 Å². The third-order valence-corrected chi connectivity index (χ3v) is 2.99. The Labute approximate surface area is 109 Å². The Morgan fingerprint density at radius 2 is 2.26 bits per heavy atom. The fraction of sp³-hybridized carbons (Fsp3) is 0.308. The molecule has 0 bridgehead atoms. The number of likely N-dealkylation sites (tertiary alicyclic amines) is 1. The molecule has 100 valence electrons. The van der Waals surface area contributed by atoms with Gasteiger partial charge in [-0.2, -0.15) is 0 Å². The lowest BCUT2D eigenvalue weighted by molar-refractivity contribution is -0.141. The van der Waals surface area contributed by atoms with Gasteiger partial charge < -0.3 is 10.0 Å². The van der Waals surface area contributed by atoms with Crippen LogP contribution in [0, 0.1) is 11.7 Å². The molecule has 0 aliphatic carbocycles. The molecule has 2 rings (SSSR count). The van der Waals surface area contributed by atoms with E-state index in [1.54, 1.807) is 0 Å². The zero-order valence-electron chi connectivity index (χ0n) is 10.1. The number of amides is 1. The monoisotopic (exact) mass is 264 g/mol. The molecule has 1 unspecified atom stereocenters. The molecular formula is C13H13FN2O3. The van der Waals surface area contributed by atoms with Gasteiger partial charge in [0.25, 0.3) is 0 Å². The van der Waals surface area contributed by atoms with Crippen molar-refractivity contribution in [3.05, 3.63) is 35.9 Å². The summed E-state index contributed by atoms with van der Waals surface area (Å²) in [5.74, 6) is -2.11. The number of carboxylic acid groups (broad SMARTS) is 1. The molecule has 1 N–H and O–H groups in total. The summed E-state index contributed by atoms with van der Waals surface area (Å²) in [6, 6.07) is 1.26. The Morgan fingerprint density at radius 3 is 2.89 bits per heavy atom. The van der Waals surface area contributed by atoms with E-state index in [0.717, 1.165) is 6.20 Å². The molecule has 1 aromatic rings. The van der Waals surface area contributed by atoms with Crippen molar-refractivity contribution in [1.82, 2.24) is 9.88 Å². The number of halogens is 1. The first-order valence-electron chi connectivity index (χ1n) is 5.86. The molecule has 0 radical (unpaired) electrons. The van der Waals surface area contributed by atoms with Crippen molar-refractivity contribution in [3.63, 3.8) is 0 Å². The predicted octanol–water partition coefficient (Wildman–Crippen LogP) is 1.17. The summed E-state index contributed by atoms with van der Waals surface area (Å²) in [5.41, 5.74) is 0.488. The first kappa shape index (κ1) is 13.2. The highest BCUT2D eigenvalue weighted by Crippen LogP contribution is 2.16. The van der Waals surface area contributed by atoms with Crippen LogP contribution in [-0.4, -0.2) is 40.0 Å². The van der Waals surface area contributed by atoms with Crippen molar-refractivity contribution >= 4 is 18.0 Å². The maximum Gasteiger partial charge on any atom is 0.308 e. The fourth-order valence-corrected chi connectivity index (χ4v) is 1.95. The Balaban J connectivity index is 1.96. The summed E-state index contributed by atoms with van der Waals surface area (Å²) in [4.78, 5) is 27.7. The fourth-order valence-electron chi connectivity index (χ4n) is 1.95. The van der Waals surface area contributed by atoms with Gasteiger partial charge in [0.05, 0.1) is 12.1 Å². The van der Waals surface area contributed by atoms with Crippen molar-refractivity contribution in [3.8, 4) is 0 Å². The molecule has 2 heterocycles. The molecule has 5 nitrogen and oxygen atoms in total. The Bertz CT molecular complexity index is 530. The van der Waals surface area contributed by atoms with E-state index in [1.807, 2.05) is 0 Å². The van der Waals surface area contributed by atoms with Crippen LogP contribution in [0.5, 0.6) is 0 Å². The number of rotatable bonds is 3. The van der Waals surface area contributed by atoms with Gasteiger partial charge in [0.2, 0.25) is 5.91 Å². The average Bonchev–Trinajstić information content (AvgIpc) is 2.86. The van der Waals surface area contributed by atoms with Crippen LogP contribution in [-0.2, 0) is 9.59 Å². The predicted molar refractivity (Wildman–Crippen MR) is 65.6 cm³/mol. The molecule has 0 spiro atoms. The number of aliphatic carboxylic acids is 1. The van der Waals surface area contributed by atoms with Crippen molar-refractivity contribution in [1.29, 1.82) is 0 Å². The number of pyridine rings is 1. The quantitative estimate of drug-likeness (QED) is 0.832. The molecule has 0 aromatic carbocycles. The van der Waals surface area contributed by atoms with Crippen LogP contribution < -0.4 is 0 Å². The lowest BCUT2D eigenvalue weighted by Crippen LogP contribution is -2.28. The largest absolute Gasteiger partial charge is 0.481 e. The number of carbonyl (C=O) groups excluding carboxylic acids is 1. The third kappa shape index (κ3) is 3.37. The van der Waals surface area contributed by atoms with Crippen molar-refractivity contribution in [2.75, 3.05) is 13.1 Å². The summed E-state index contributed by atoms with van der Waals surface area (Å²) in [6.45, 7) is 0.654. The summed E-state index contributed by atoms with van der Waals surface area (Å²) >= 11 is 0. The molecule has 19 heavy (non-hydrogen) atoms. The van der Waals surface area contributed by atoms with Crippen LogP contribution >= 0.6 is 0 Å². The SMILES string of the molecule is O=C(O)C1CCN(C(=O)/C=C/c2cncc(F)c2)C1. The smallest absolute Gasteiger partial charge is 0.308 e. The molecular weight excluding hydrogens is 251 g/mol. The average molecular weight is 264 g/mol. The van der Waals surface area contributed by atoms with Gasteiger partial charge in [0.1, 0.15) is 5.82 Å². The molecule has 1 aliphatic rings. The highest BCUT2D eigenvalue weighted by Gasteiger charge is 2.29. The third-order valence-electron chi connectivity index (χ3n) is 2.99. The van der Waals surface area contributed by atoms with Gasteiger partial charge in [-0.3, -0.25) is 14.6 Å². The Hall–Kier alpha value is -2.24. The molecule has 1 fully saturated rings. The number of carboxylic acids is 1. The van der Waals surface area contributed by atoms with E-state index in [0.29, 0.717) is 18.5 Å². The van der Waals surface area contributed by atoms with E-state index in [2.05, 4.69) is 4.98 Å². The first-order valence-corrected chi connectivity index (χ1v) is 5.86. The maximum atomic E-state index is 12.9. The van der Waals surface area contributed by atoms with Crippen LogP contribution in [0.3, 0.4) is 0 Å². The summed E-state index contributed by atoms with van der Waals surface area (Å²) < 4.78 is 12.9. The van der Waals surface area contributed by atoms with Crippen molar-refractivity contribution < 1.29 is 19.1 Å². The zero-order chi connectivity index (χ0) is 13.8. The lowest BCUT2D eigenvalue weighted by atomic mass is 10.1. The van der Waals surface area contributed by atoms with Crippen LogP contribution in [0.4, 0.5) is 4.39 Å². The number of aromatic nitrogens is 1. The minimum Gasteiger partial charge on any atom is -0.481 e. The molecule has 1 aliphatic heterocycles. The van der Waals surface area contributed by atoms with Crippen molar-refractivity contribution in [2.45, 2.75) is 6.42 Å². The van der Waals surface area contributed by atoms with E-state index in [1.165, 1.54) is 29.3 Å². The van der Waals surface area contributed by atoms with E-state index >= 15 is 0 Å². The second-order valence-corrected chi connectivity index (χ2v) is 4.38. The van der Waals surface area contributed by atoms with Gasteiger partial charge >= 0.3 is 5.97 Å². The Kier molecular flexibility index (Phi) is 3.89. The molecule has 1 saturated heterocycles. The normalized spacial score (nSPS) is 19.0. The standard InChI is InChI=1S/C13H13FN2O3/c14-11-5-9(6-15-7-11)1-2-12(17)16-4-3-10(8-16)13(18)19/h1-2,5-7,10H,3-4,8H2,(H,18,19)/b2-1+. The topological polar surface area (TPSA) is 70.5 Å². The van der Waals surface area contributed by atoms with Crippen molar-refractivity contribution in [2.24, 2.45) is 5.92 Å². The van der Waals surface area contributed by atoms with Gasteiger partial charge in [-0.1, -0.05) is 0 Å². The minimum atomic E-state index is -0.881. The second kappa shape index (κ2) is 5.60. The van der Waals surface area contributed by atoms with Gasteiger partial charge in [-0.15, -0.1) is 0 Å². The highest BCUT2D eigenvalue weighted by molar-refractivity contribution is 5.92. The second-order valence-electron chi connectivity index (χ2n) is 4.38. The summed E-state index contributed by atoms with van der Waals surface area (Å²) in [7, 11) is 0. The summed E-state index contributed by atoms with van der Waals surface area (Å²) in [5, 5.41) is 8.85. The highest BCUT2D eigenvalue weighted by atomic mass is 19.1. The van der Waals surface area contributed by atoms with Crippen LogP contribution in [0.1, 0.15) is 12.0 Å². The van der Waals surface area contributed by atoms with E-state index in [9.17, 15) is 14.0 Å². The Morgan fingerprint density at radius 1 is 1.47 bits per heavy atom. The number of hydrogen-bond acceptors (Lipinski definition) is 3. The molecule has 1 atom stereocenters. The summed E-state index contributed by atoms with van der Waals surface area (Å²) in [6.07, 6.45) is 5.76. The van der Waals surface area contributed by atoms with Crippen LogP contribution in [0.25, 0.3) is 6.08 Å².